The van der Waals surface area contributed by atoms with Gasteiger partial charge in [-0.15, -0.1) is 0 Å². The Kier molecular flexibility index (Phi) is 6.01. The fourth-order valence-electron chi connectivity index (χ4n) is 3.25. The summed E-state index contributed by atoms with van der Waals surface area (Å²) in [6.07, 6.45) is 1.52. The van der Waals surface area contributed by atoms with Gasteiger partial charge in [-0.1, -0.05) is 24.3 Å². The summed E-state index contributed by atoms with van der Waals surface area (Å²) in [6, 6.07) is 14.1. The molecule has 1 aliphatic rings. The molecule has 0 atom stereocenters. The minimum Gasteiger partial charge on any atom is -0.347 e. The molecule has 6 heteroatoms. The minimum absolute atomic E-state index is 0.178. The lowest BCUT2D eigenvalue weighted by atomic mass is 10.1. The van der Waals surface area contributed by atoms with E-state index in [0.29, 0.717) is 29.8 Å². The van der Waals surface area contributed by atoms with Gasteiger partial charge in [-0.2, -0.15) is 0 Å². The van der Waals surface area contributed by atoms with Crippen molar-refractivity contribution in [1.82, 2.24) is 10.2 Å². The van der Waals surface area contributed by atoms with E-state index < -0.39 is 0 Å². The fraction of sp³-hybridized carbons (Fsp3) is 0.348. The molecule has 0 unspecified atom stereocenters. The maximum atomic E-state index is 12.7. The first-order chi connectivity index (χ1) is 13.7. The Labute approximate surface area is 171 Å². The lowest BCUT2D eigenvalue weighted by Crippen LogP contribution is -2.40. The number of benzene rings is 2. The highest BCUT2D eigenvalue weighted by atomic mass is 16.2. The van der Waals surface area contributed by atoms with Crippen molar-refractivity contribution in [2.45, 2.75) is 45.7 Å². The molecule has 29 heavy (non-hydrogen) atoms. The number of nitrogens with one attached hydrogen (secondary N) is 2. The number of hydrogen-bond acceptors (Lipinski definition) is 3. The molecular formula is C23H27N3O3. The first-order valence-electron chi connectivity index (χ1n) is 9.82. The van der Waals surface area contributed by atoms with Crippen LogP contribution >= 0.6 is 0 Å². The zero-order valence-corrected chi connectivity index (χ0v) is 17.1. The van der Waals surface area contributed by atoms with Crippen LogP contribution in [0.15, 0.2) is 48.5 Å². The van der Waals surface area contributed by atoms with Crippen LogP contribution in [-0.2, 0) is 11.3 Å². The molecule has 2 aromatic carbocycles. The molecule has 3 rings (SSSR count). The average Bonchev–Trinajstić information content (AvgIpc) is 3.06. The van der Waals surface area contributed by atoms with Gasteiger partial charge in [0.25, 0.3) is 11.8 Å². The highest BCUT2D eigenvalue weighted by molar-refractivity contribution is 6.09. The van der Waals surface area contributed by atoms with Gasteiger partial charge in [0.2, 0.25) is 5.91 Å². The zero-order chi connectivity index (χ0) is 21.0. The molecule has 0 aliphatic carbocycles. The van der Waals surface area contributed by atoms with Gasteiger partial charge in [0.1, 0.15) is 0 Å². The number of carbonyl (C=O) groups excluding carboxylic acids is 3. The van der Waals surface area contributed by atoms with Crippen LogP contribution in [0.2, 0.25) is 0 Å². The summed E-state index contributed by atoms with van der Waals surface area (Å²) in [7, 11) is 0. The van der Waals surface area contributed by atoms with Crippen LogP contribution in [0.5, 0.6) is 0 Å². The van der Waals surface area contributed by atoms with Crippen LogP contribution in [0, 0.1) is 0 Å². The number of nitrogens with zero attached hydrogens (tertiary/aromatic N) is 1. The molecule has 1 heterocycles. The van der Waals surface area contributed by atoms with E-state index in [-0.39, 0.29) is 23.3 Å². The first kappa shape index (κ1) is 20.6. The van der Waals surface area contributed by atoms with Crippen molar-refractivity contribution in [2.24, 2.45) is 0 Å². The van der Waals surface area contributed by atoms with Crippen LogP contribution in [0.4, 0.5) is 5.69 Å². The van der Waals surface area contributed by atoms with Crippen molar-refractivity contribution < 1.29 is 14.4 Å². The van der Waals surface area contributed by atoms with E-state index in [0.717, 1.165) is 18.5 Å². The van der Waals surface area contributed by atoms with Crippen LogP contribution in [0.1, 0.15) is 59.9 Å². The second-order valence-corrected chi connectivity index (χ2v) is 8.32. The molecule has 1 saturated heterocycles. The van der Waals surface area contributed by atoms with Crippen LogP contribution in [0.3, 0.4) is 0 Å². The molecule has 0 radical (unpaired) electrons. The third-order valence-electron chi connectivity index (χ3n) is 4.67. The highest BCUT2D eigenvalue weighted by Crippen LogP contribution is 2.19. The van der Waals surface area contributed by atoms with Crippen molar-refractivity contribution in [3.8, 4) is 0 Å². The third-order valence-corrected chi connectivity index (χ3v) is 4.67. The minimum atomic E-state index is -0.374. The second-order valence-electron chi connectivity index (χ2n) is 8.32. The molecule has 0 aromatic heterocycles. The van der Waals surface area contributed by atoms with Crippen molar-refractivity contribution in [3.05, 3.63) is 65.2 Å². The zero-order valence-electron chi connectivity index (χ0n) is 17.1. The number of likely N-dealkylation sites (tertiary alicyclic amines) is 1. The van der Waals surface area contributed by atoms with E-state index in [9.17, 15) is 14.4 Å². The monoisotopic (exact) mass is 393 g/mol. The number of rotatable bonds is 5. The van der Waals surface area contributed by atoms with Crippen molar-refractivity contribution in [2.75, 3.05) is 11.9 Å². The normalized spacial score (nSPS) is 14.0. The van der Waals surface area contributed by atoms with Gasteiger partial charge in [0.15, 0.2) is 0 Å². The van der Waals surface area contributed by atoms with E-state index in [1.807, 2.05) is 37.8 Å². The summed E-state index contributed by atoms with van der Waals surface area (Å²) in [4.78, 5) is 38.8. The smallest absolute Gasteiger partial charge is 0.255 e. The van der Waals surface area contributed by atoms with E-state index in [4.69, 9.17) is 0 Å². The predicted octanol–water partition coefficient (Wildman–Crippen LogP) is 3.59. The molecule has 3 amide bonds. The predicted molar refractivity (Wildman–Crippen MR) is 113 cm³/mol. The standard InChI is InChI=1S/C23H27N3O3/c1-23(2,3)25-22(29)18-7-4-5-8-19(18)24-21(28)17-12-10-16(11-13-17)15-26-14-6-9-20(26)27/h4-5,7-8,10-13H,6,9,14-15H2,1-3H3,(H,24,28)(H,25,29). The Bertz CT molecular complexity index is 914. The van der Waals surface area contributed by atoms with Crippen molar-refractivity contribution in [1.29, 1.82) is 0 Å². The summed E-state index contributed by atoms with van der Waals surface area (Å²) in [5, 5.41) is 5.74. The van der Waals surface area contributed by atoms with Gasteiger partial charge in [-0.3, -0.25) is 14.4 Å². The quantitative estimate of drug-likeness (QED) is 0.815. The largest absolute Gasteiger partial charge is 0.347 e. The molecule has 2 aromatic rings. The first-order valence-corrected chi connectivity index (χ1v) is 9.82. The molecule has 1 fully saturated rings. The van der Waals surface area contributed by atoms with Gasteiger partial charge in [-0.05, 0) is 57.0 Å². The Balaban J connectivity index is 1.69. The summed E-state index contributed by atoms with van der Waals surface area (Å²) >= 11 is 0. The van der Waals surface area contributed by atoms with Gasteiger partial charge in [0, 0.05) is 30.6 Å². The van der Waals surface area contributed by atoms with Gasteiger partial charge in [0.05, 0.1) is 11.3 Å². The Morgan fingerprint density at radius 3 is 2.31 bits per heavy atom. The molecule has 0 spiro atoms. The third kappa shape index (κ3) is 5.44. The summed E-state index contributed by atoms with van der Waals surface area (Å²) in [6.45, 7) is 7.07. The topological polar surface area (TPSA) is 78.5 Å². The lowest BCUT2D eigenvalue weighted by molar-refractivity contribution is -0.128. The van der Waals surface area contributed by atoms with E-state index in [1.54, 1.807) is 36.4 Å². The van der Waals surface area contributed by atoms with E-state index in [2.05, 4.69) is 10.6 Å². The maximum Gasteiger partial charge on any atom is 0.255 e. The summed E-state index contributed by atoms with van der Waals surface area (Å²) < 4.78 is 0. The van der Waals surface area contributed by atoms with Gasteiger partial charge < -0.3 is 15.5 Å². The molecule has 0 bridgehead atoms. The van der Waals surface area contributed by atoms with Crippen molar-refractivity contribution in [3.63, 3.8) is 0 Å². The molecule has 152 valence electrons. The van der Waals surface area contributed by atoms with Crippen molar-refractivity contribution >= 4 is 23.4 Å². The molecule has 1 aliphatic heterocycles. The van der Waals surface area contributed by atoms with E-state index in [1.165, 1.54) is 0 Å². The summed E-state index contributed by atoms with van der Waals surface area (Å²) in [5.41, 5.74) is 1.99. The van der Waals surface area contributed by atoms with Crippen LogP contribution in [0.25, 0.3) is 0 Å². The number of anilines is 1. The average molecular weight is 393 g/mol. The summed E-state index contributed by atoms with van der Waals surface area (Å²) in [5.74, 6) is -0.346. The molecular weight excluding hydrogens is 366 g/mol. The Morgan fingerprint density at radius 2 is 1.69 bits per heavy atom. The molecule has 0 saturated carbocycles. The van der Waals surface area contributed by atoms with Gasteiger partial charge in [-0.25, -0.2) is 0 Å². The molecule has 2 N–H and O–H groups in total. The Hall–Kier alpha value is -3.15. The number of carbonyl (C=O) groups is 3. The maximum absolute atomic E-state index is 12.7. The SMILES string of the molecule is CC(C)(C)NC(=O)c1ccccc1NC(=O)c1ccc(CN2CCCC2=O)cc1. The Morgan fingerprint density at radius 1 is 1.00 bits per heavy atom. The van der Waals surface area contributed by atoms with Crippen LogP contribution < -0.4 is 10.6 Å². The number of para-hydroxylation sites is 1. The van der Waals surface area contributed by atoms with Crippen LogP contribution in [-0.4, -0.2) is 34.7 Å². The lowest BCUT2D eigenvalue weighted by Gasteiger charge is -2.21. The number of hydrogen-bond donors (Lipinski definition) is 2. The van der Waals surface area contributed by atoms with E-state index >= 15 is 0 Å². The second kappa shape index (κ2) is 8.47. The van der Waals surface area contributed by atoms with Gasteiger partial charge >= 0.3 is 0 Å². The molecule has 6 nitrogen and oxygen atoms in total. The highest BCUT2D eigenvalue weighted by Gasteiger charge is 2.21. The number of amides is 3. The fourth-order valence-corrected chi connectivity index (χ4v) is 3.25.